The van der Waals surface area contributed by atoms with Gasteiger partial charge in [0, 0.05) is 6.42 Å². The normalized spacial score (nSPS) is 12.9. The van der Waals surface area contributed by atoms with Gasteiger partial charge in [-0.3, -0.25) is 4.79 Å². The fraction of sp³-hybridized carbons (Fsp3) is 0.889. The minimum atomic E-state index is -3.13. The van der Waals surface area contributed by atoms with Crippen LogP contribution in [0.4, 0.5) is 0 Å². The van der Waals surface area contributed by atoms with Crippen LogP contribution in [-0.4, -0.2) is 24.7 Å². The fourth-order valence-corrected chi connectivity index (χ4v) is 2.77. The molecular formula is C9H18O3S. The summed E-state index contributed by atoms with van der Waals surface area (Å²) in [6, 6.07) is 0. The van der Waals surface area contributed by atoms with Crippen LogP contribution in [0.1, 0.15) is 40.5 Å². The quantitative estimate of drug-likeness (QED) is 0.686. The topological polar surface area (TPSA) is 51.2 Å². The van der Waals surface area contributed by atoms with Crippen LogP contribution in [0.15, 0.2) is 0 Å². The SMILES string of the molecule is CCCS(=O)(=O)C(C)(C)CC(C)=O. The molecule has 0 unspecified atom stereocenters. The van der Waals surface area contributed by atoms with Gasteiger partial charge >= 0.3 is 0 Å². The zero-order valence-corrected chi connectivity index (χ0v) is 9.57. The number of sulfone groups is 1. The summed E-state index contributed by atoms with van der Waals surface area (Å²) in [5.74, 6) is 0.0810. The highest BCUT2D eigenvalue weighted by atomic mass is 32.2. The maximum atomic E-state index is 11.6. The second-order valence-corrected chi connectivity index (χ2v) is 6.70. The van der Waals surface area contributed by atoms with E-state index in [0.29, 0.717) is 6.42 Å². The first-order valence-electron chi connectivity index (χ1n) is 4.44. The van der Waals surface area contributed by atoms with Crippen LogP contribution in [0.3, 0.4) is 0 Å². The average molecular weight is 206 g/mol. The van der Waals surface area contributed by atoms with Gasteiger partial charge < -0.3 is 0 Å². The van der Waals surface area contributed by atoms with E-state index < -0.39 is 14.6 Å². The molecule has 0 heterocycles. The van der Waals surface area contributed by atoms with Gasteiger partial charge in [0.2, 0.25) is 0 Å². The van der Waals surface area contributed by atoms with Crippen molar-refractivity contribution in [3.05, 3.63) is 0 Å². The molecular weight excluding hydrogens is 188 g/mol. The van der Waals surface area contributed by atoms with E-state index in [-0.39, 0.29) is 18.0 Å². The summed E-state index contributed by atoms with van der Waals surface area (Å²) in [6.07, 6.45) is 0.707. The van der Waals surface area contributed by atoms with E-state index in [2.05, 4.69) is 0 Å². The lowest BCUT2D eigenvalue weighted by atomic mass is 10.1. The van der Waals surface area contributed by atoms with Gasteiger partial charge in [-0.25, -0.2) is 8.42 Å². The van der Waals surface area contributed by atoms with E-state index in [4.69, 9.17) is 0 Å². The summed E-state index contributed by atoms with van der Waals surface area (Å²) < 4.78 is 22.4. The Balaban J connectivity index is 4.71. The molecule has 0 radical (unpaired) electrons. The fourth-order valence-electron chi connectivity index (χ4n) is 1.25. The number of hydrogen-bond donors (Lipinski definition) is 0. The summed E-state index contributed by atoms with van der Waals surface area (Å²) in [5.41, 5.74) is 0. The van der Waals surface area contributed by atoms with Crippen molar-refractivity contribution < 1.29 is 13.2 Å². The summed E-state index contributed by atoms with van der Waals surface area (Å²) in [6.45, 7) is 6.46. The molecule has 0 aromatic rings. The molecule has 4 heteroatoms. The Morgan fingerprint density at radius 3 is 2.08 bits per heavy atom. The van der Waals surface area contributed by atoms with Crippen LogP contribution in [0.5, 0.6) is 0 Å². The molecule has 0 aromatic carbocycles. The van der Waals surface area contributed by atoms with Gasteiger partial charge in [-0.2, -0.15) is 0 Å². The predicted molar refractivity (Wildman–Crippen MR) is 53.5 cm³/mol. The number of carbonyl (C=O) groups is 1. The van der Waals surface area contributed by atoms with Gasteiger partial charge in [0.05, 0.1) is 10.5 Å². The minimum Gasteiger partial charge on any atom is -0.300 e. The van der Waals surface area contributed by atoms with E-state index in [1.807, 2.05) is 6.92 Å². The lowest BCUT2D eigenvalue weighted by Crippen LogP contribution is -2.35. The van der Waals surface area contributed by atoms with Gasteiger partial charge in [-0.1, -0.05) is 6.92 Å². The first-order valence-corrected chi connectivity index (χ1v) is 6.10. The van der Waals surface area contributed by atoms with E-state index >= 15 is 0 Å². The van der Waals surface area contributed by atoms with Crippen LogP contribution >= 0.6 is 0 Å². The summed E-state index contributed by atoms with van der Waals surface area (Å²) in [5, 5.41) is 0. The Hall–Kier alpha value is -0.380. The first kappa shape index (κ1) is 12.6. The number of carbonyl (C=O) groups excluding carboxylic acids is 1. The van der Waals surface area contributed by atoms with Crippen LogP contribution in [0.25, 0.3) is 0 Å². The van der Waals surface area contributed by atoms with E-state index in [1.165, 1.54) is 6.92 Å². The number of hydrogen-bond acceptors (Lipinski definition) is 3. The van der Waals surface area contributed by atoms with Crippen molar-refractivity contribution in [2.45, 2.75) is 45.3 Å². The Morgan fingerprint density at radius 2 is 1.77 bits per heavy atom. The zero-order valence-electron chi connectivity index (χ0n) is 8.75. The van der Waals surface area contributed by atoms with Crippen molar-refractivity contribution in [3.63, 3.8) is 0 Å². The molecule has 0 atom stereocenters. The van der Waals surface area contributed by atoms with Gasteiger partial charge in [0.15, 0.2) is 9.84 Å². The molecule has 0 saturated carbocycles. The van der Waals surface area contributed by atoms with Gasteiger partial charge in [0.1, 0.15) is 5.78 Å². The summed E-state index contributed by atoms with van der Waals surface area (Å²) >= 11 is 0. The Kier molecular flexibility index (Phi) is 4.10. The lowest BCUT2D eigenvalue weighted by Gasteiger charge is -2.22. The number of Topliss-reactive ketones (excluding diaryl/α,β-unsaturated/α-hetero) is 1. The summed E-state index contributed by atoms with van der Waals surface area (Å²) in [7, 11) is -3.13. The van der Waals surface area contributed by atoms with Crippen LogP contribution in [0.2, 0.25) is 0 Å². The van der Waals surface area contributed by atoms with Crippen molar-refractivity contribution >= 4 is 15.6 Å². The molecule has 0 aliphatic carbocycles. The third-order valence-electron chi connectivity index (χ3n) is 1.99. The maximum absolute atomic E-state index is 11.6. The lowest BCUT2D eigenvalue weighted by molar-refractivity contribution is -0.117. The van der Waals surface area contributed by atoms with Gasteiger partial charge in [-0.05, 0) is 27.2 Å². The molecule has 0 aromatic heterocycles. The molecule has 3 nitrogen and oxygen atoms in total. The monoisotopic (exact) mass is 206 g/mol. The molecule has 0 spiro atoms. The highest BCUT2D eigenvalue weighted by molar-refractivity contribution is 7.92. The summed E-state index contributed by atoms with van der Waals surface area (Å²) in [4.78, 5) is 10.8. The second-order valence-electron chi connectivity index (χ2n) is 3.96. The Bertz CT molecular complexity index is 275. The van der Waals surface area contributed by atoms with Crippen molar-refractivity contribution in [2.24, 2.45) is 0 Å². The van der Waals surface area contributed by atoms with Crippen LogP contribution in [-0.2, 0) is 14.6 Å². The third-order valence-corrected chi connectivity index (χ3v) is 4.76. The predicted octanol–water partition coefficient (Wildman–Crippen LogP) is 1.57. The van der Waals surface area contributed by atoms with E-state index in [1.54, 1.807) is 13.8 Å². The smallest absolute Gasteiger partial charge is 0.155 e. The Morgan fingerprint density at radius 1 is 1.31 bits per heavy atom. The molecule has 0 saturated heterocycles. The minimum absolute atomic E-state index is 0.0790. The molecule has 0 aliphatic rings. The average Bonchev–Trinajstić information content (AvgIpc) is 1.82. The maximum Gasteiger partial charge on any atom is 0.155 e. The molecule has 78 valence electrons. The third kappa shape index (κ3) is 3.46. The number of ketones is 1. The van der Waals surface area contributed by atoms with Gasteiger partial charge in [-0.15, -0.1) is 0 Å². The number of rotatable bonds is 5. The molecule has 0 bridgehead atoms. The van der Waals surface area contributed by atoms with Crippen LogP contribution < -0.4 is 0 Å². The Labute approximate surface area is 80.4 Å². The highest BCUT2D eigenvalue weighted by Crippen LogP contribution is 2.22. The molecule has 0 fully saturated rings. The van der Waals surface area contributed by atoms with Crippen molar-refractivity contribution in [1.29, 1.82) is 0 Å². The van der Waals surface area contributed by atoms with E-state index in [0.717, 1.165) is 0 Å². The zero-order chi connectivity index (χ0) is 10.7. The van der Waals surface area contributed by atoms with Crippen LogP contribution in [0, 0.1) is 0 Å². The molecule has 0 amide bonds. The highest BCUT2D eigenvalue weighted by Gasteiger charge is 2.34. The molecule has 13 heavy (non-hydrogen) atoms. The largest absolute Gasteiger partial charge is 0.300 e. The first-order chi connectivity index (χ1) is 5.73. The molecule has 0 rings (SSSR count). The second kappa shape index (κ2) is 4.22. The van der Waals surface area contributed by atoms with E-state index in [9.17, 15) is 13.2 Å². The molecule has 0 N–H and O–H groups in total. The van der Waals surface area contributed by atoms with Crippen molar-refractivity contribution in [2.75, 3.05) is 5.75 Å². The molecule has 0 aliphatic heterocycles. The van der Waals surface area contributed by atoms with Crippen molar-refractivity contribution in [3.8, 4) is 0 Å². The standard InChI is InChI=1S/C9H18O3S/c1-5-6-13(11,12)9(3,4)7-8(2)10/h5-7H2,1-4H3. The van der Waals surface area contributed by atoms with Crippen molar-refractivity contribution in [1.82, 2.24) is 0 Å². The van der Waals surface area contributed by atoms with Gasteiger partial charge in [0.25, 0.3) is 0 Å².